The van der Waals surface area contributed by atoms with Crippen molar-refractivity contribution in [2.45, 2.75) is 6.17 Å². The van der Waals surface area contributed by atoms with Crippen molar-refractivity contribution in [3.8, 4) is 5.69 Å². The number of aromatic nitrogens is 2. The van der Waals surface area contributed by atoms with E-state index in [1.165, 1.54) is 27.8 Å². The molecule has 0 aliphatic carbocycles. The Bertz CT molecular complexity index is 968. The lowest BCUT2D eigenvalue weighted by molar-refractivity contribution is 0.0974. The maximum absolute atomic E-state index is 14.2. The smallest absolute Gasteiger partial charge is 0.319 e. The number of carbonyl (C=O) groups is 1. The summed E-state index contributed by atoms with van der Waals surface area (Å²) in [7, 11) is 0. The van der Waals surface area contributed by atoms with Gasteiger partial charge in [-0.25, -0.2) is 18.3 Å². The molecule has 1 fully saturated rings. The highest BCUT2D eigenvalue weighted by atomic mass is 79.9. The molecular formula is C17H13BrF2N4O. The highest BCUT2D eigenvalue weighted by Gasteiger charge is 2.30. The summed E-state index contributed by atoms with van der Waals surface area (Å²) in [4.78, 5) is 13.3. The van der Waals surface area contributed by atoms with Gasteiger partial charge in [0, 0.05) is 21.7 Å². The van der Waals surface area contributed by atoms with Gasteiger partial charge in [0.05, 0.1) is 18.6 Å². The fraction of sp³-hybridized carbons (Fsp3) is 0.176. The molecule has 1 N–H and O–H groups in total. The van der Waals surface area contributed by atoms with Crippen molar-refractivity contribution in [2.24, 2.45) is 0 Å². The summed E-state index contributed by atoms with van der Waals surface area (Å²) in [5.41, 5.74) is 1.37. The number of benzene rings is 2. The Balaban J connectivity index is 1.63. The monoisotopic (exact) mass is 406 g/mol. The molecule has 1 aliphatic rings. The molecule has 0 bridgehead atoms. The number of fused-ring (bicyclic) bond motifs is 1. The van der Waals surface area contributed by atoms with Gasteiger partial charge in [-0.2, -0.15) is 5.10 Å². The molecule has 4 rings (SSSR count). The number of amides is 2. The van der Waals surface area contributed by atoms with E-state index in [1.54, 1.807) is 6.20 Å². The summed E-state index contributed by atoms with van der Waals surface area (Å²) in [5.74, 6) is -0.461. The van der Waals surface area contributed by atoms with Gasteiger partial charge in [0.15, 0.2) is 0 Å². The third-order valence-corrected chi connectivity index (χ3v) is 4.53. The maximum atomic E-state index is 14.2. The molecule has 8 heteroatoms. The topological polar surface area (TPSA) is 50.2 Å². The van der Waals surface area contributed by atoms with Gasteiger partial charge in [-0.3, -0.25) is 0 Å². The fourth-order valence-corrected chi connectivity index (χ4v) is 3.06. The maximum Gasteiger partial charge on any atom is 0.322 e. The number of nitrogens with one attached hydrogen (secondary N) is 1. The summed E-state index contributed by atoms with van der Waals surface area (Å²) in [5, 5.41) is 7.87. The van der Waals surface area contributed by atoms with E-state index in [9.17, 15) is 13.6 Å². The molecule has 5 nitrogen and oxygen atoms in total. The molecule has 0 unspecified atom stereocenters. The molecule has 0 radical (unpaired) electrons. The van der Waals surface area contributed by atoms with Crippen molar-refractivity contribution < 1.29 is 13.6 Å². The highest BCUT2D eigenvalue weighted by molar-refractivity contribution is 9.10. The zero-order chi connectivity index (χ0) is 17.6. The zero-order valence-corrected chi connectivity index (χ0v) is 14.5. The van der Waals surface area contributed by atoms with E-state index < -0.39 is 18.0 Å². The van der Waals surface area contributed by atoms with Gasteiger partial charge in [0.1, 0.15) is 17.7 Å². The summed E-state index contributed by atoms with van der Waals surface area (Å²) in [6, 6.07) is 9.40. The number of rotatable bonds is 2. The molecule has 2 amide bonds. The van der Waals surface area contributed by atoms with Crippen LogP contribution in [0.15, 0.2) is 47.1 Å². The summed E-state index contributed by atoms with van der Waals surface area (Å²) in [6.07, 6.45) is 0.748. The first-order valence-electron chi connectivity index (χ1n) is 7.64. The number of nitrogens with zero attached hydrogens (tertiary/aromatic N) is 3. The molecule has 2 heterocycles. The Morgan fingerprint density at radius 1 is 1.24 bits per heavy atom. The standard InChI is InChI=1S/C17H13BrF2N4O/c18-11-1-4-15-10(5-11)7-24(22-15)16-6-13(2-3-14(16)20)21-17(25)23-8-12(19)9-23/h1-7,12H,8-9H2,(H,21,25). The average Bonchev–Trinajstić information content (AvgIpc) is 2.96. The van der Waals surface area contributed by atoms with Crippen LogP contribution >= 0.6 is 15.9 Å². The van der Waals surface area contributed by atoms with Gasteiger partial charge in [-0.05, 0) is 36.4 Å². The lowest BCUT2D eigenvalue weighted by atomic mass is 10.2. The predicted octanol–water partition coefficient (Wildman–Crippen LogP) is 4.11. The molecule has 2 aromatic carbocycles. The molecule has 0 saturated carbocycles. The summed E-state index contributed by atoms with van der Waals surface area (Å²) in [6.45, 7) is 0.165. The van der Waals surface area contributed by atoms with Crippen molar-refractivity contribution >= 4 is 38.6 Å². The lowest BCUT2D eigenvalue weighted by Gasteiger charge is -2.34. The lowest BCUT2D eigenvalue weighted by Crippen LogP contribution is -2.53. The number of halogens is 3. The van der Waals surface area contributed by atoms with Crippen molar-refractivity contribution in [3.63, 3.8) is 0 Å². The van der Waals surface area contributed by atoms with Gasteiger partial charge < -0.3 is 10.2 Å². The van der Waals surface area contributed by atoms with Gasteiger partial charge in [-0.1, -0.05) is 15.9 Å². The van der Waals surface area contributed by atoms with Crippen LogP contribution in [0.1, 0.15) is 0 Å². The van der Waals surface area contributed by atoms with Crippen LogP contribution in [0.4, 0.5) is 19.3 Å². The van der Waals surface area contributed by atoms with E-state index in [2.05, 4.69) is 26.3 Å². The molecule has 1 saturated heterocycles. The van der Waals surface area contributed by atoms with Crippen LogP contribution in [0.25, 0.3) is 16.6 Å². The normalized spacial score (nSPS) is 14.6. The first kappa shape index (κ1) is 16.0. The van der Waals surface area contributed by atoms with Gasteiger partial charge in [-0.15, -0.1) is 0 Å². The Hall–Kier alpha value is -2.48. The van der Waals surface area contributed by atoms with Gasteiger partial charge >= 0.3 is 6.03 Å². The van der Waals surface area contributed by atoms with Crippen molar-refractivity contribution in [3.05, 3.63) is 52.9 Å². The van der Waals surface area contributed by atoms with Crippen molar-refractivity contribution in [2.75, 3.05) is 18.4 Å². The third kappa shape index (κ3) is 3.09. The minimum atomic E-state index is -0.967. The number of urea groups is 1. The van der Waals surface area contributed by atoms with E-state index in [0.717, 1.165) is 15.4 Å². The average molecular weight is 407 g/mol. The van der Waals surface area contributed by atoms with Gasteiger partial charge in [0.2, 0.25) is 0 Å². The molecule has 25 heavy (non-hydrogen) atoms. The number of carbonyl (C=O) groups excluding carboxylic acids is 1. The van der Waals surface area contributed by atoms with Crippen LogP contribution < -0.4 is 5.32 Å². The van der Waals surface area contributed by atoms with Crippen LogP contribution in [-0.2, 0) is 0 Å². The molecular weight excluding hydrogens is 394 g/mol. The van der Waals surface area contributed by atoms with Crippen LogP contribution in [0, 0.1) is 5.82 Å². The zero-order valence-electron chi connectivity index (χ0n) is 12.9. The summed E-state index contributed by atoms with van der Waals surface area (Å²) < 4.78 is 29.4. The molecule has 128 valence electrons. The first-order valence-corrected chi connectivity index (χ1v) is 8.44. The highest BCUT2D eigenvalue weighted by Crippen LogP contribution is 2.24. The fourth-order valence-electron chi connectivity index (χ4n) is 2.68. The molecule has 0 spiro atoms. The van der Waals surface area contributed by atoms with Gasteiger partial charge in [0.25, 0.3) is 0 Å². The van der Waals surface area contributed by atoms with Crippen LogP contribution in [0.2, 0.25) is 0 Å². The summed E-state index contributed by atoms with van der Waals surface area (Å²) >= 11 is 3.39. The molecule has 1 aliphatic heterocycles. The van der Waals surface area contributed by atoms with Crippen molar-refractivity contribution in [1.29, 1.82) is 0 Å². The van der Waals surface area contributed by atoms with Crippen molar-refractivity contribution in [1.82, 2.24) is 14.7 Å². The largest absolute Gasteiger partial charge is 0.322 e. The SMILES string of the molecule is O=C(Nc1ccc(F)c(-n2cc3cc(Br)ccc3n2)c1)N1CC(F)C1. The first-order chi connectivity index (χ1) is 12.0. The number of likely N-dealkylation sites (tertiary alicyclic amines) is 1. The van der Waals surface area contributed by atoms with Crippen LogP contribution in [0.5, 0.6) is 0 Å². The molecule has 0 atom stereocenters. The number of hydrogen-bond donors (Lipinski definition) is 1. The third-order valence-electron chi connectivity index (χ3n) is 4.03. The van der Waals surface area contributed by atoms with E-state index in [1.807, 2.05) is 18.2 Å². The second-order valence-corrected chi connectivity index (χ2v) is 6.79. The second-order valence-electron chi connectivity index (χ2n) is 5.88. The van der Waals surface area contributed by atoms with E-state index >= 15 is 0 Å². The Morgan fingerprint density at radius 2 is 2.04 bits per heavy atom. The molecule has 1 aromatic heterocycles. The Kier molecular flexibility index (Phi) is 3.91. The van der Waals surface area contributed by atoms with E-state index in [0.29, 0.717) is 5.69 Å². The van der Waals surface area contributed by atoms with Crippen LogP contribution in [0.3, 0.4) is 0 Å². The Morgan fingerprint density at radius 3 is 2.80 bits per heavy atom. The van der Waals surface area contributed by atoms with Crippen LogP contribution in [-0.4, -0.2) is 40.0 Å². The second kappa shape index (κ2) is 6.11. The minimum Gasteiger partial charge on any atom is -0.319 e. The quantitative estimate of drug-likeness (QED) is 0.695. The predicted molar refractivity (Wildman–Crippen MR) is 94.2 cm³/mol. The number of alkyl halides is 1. The van der Waals surface area contributed by atoms with E-state index in [4.69, 9.17) is 0 Å². The minimum absolute atomic E-state index is 0.0826. The number of anilines is 1. The number of hydrogen-bond acceptors (Lipinski definition) is 2. The Labute approximate surface area is 150 Å². The van der Waals surface area contributed by atoms with E-state index in [-0.39, 0.29) is 18.8 Å². The molecule has 3 aromatic rings.